The lowest BCUT2D eigenvalue weighted by Gasteiger charge is -2.12. The van der Waals surface area contributed by atoms with E-state index in [0.717, 1.165) is 0 Å². The maximum absolute atomic E-state index is 13.0. The quantitative estimate of drug-likeness (QED) is 0.571. The Morgan fingerprint density at radius 1 is 0.783 bits per heavy atom. The maximum atomic E-state index is 13.0. The van der Waals surface area contributed by atoms with Gasteiger partial charge in [-0.15, -0.1) is 0 Å². The van der Waals surface area contributed by atoms with Crippen molar-refractivity contribution in [1.82, 2.24) is 19.5 Å². The van der Waals surface area contributed by atoms with E-state index in [1.54, 1.807) is 24.5 Å². The molecule has 23 heavy (non-hydrogen) atoms. The molecule has 1 aromatic carbocycles. The van der Waals surface area contributed by atoms with Gasteiger partial charge in [-0.3, -0.25) is 9.78 Å². The van der Waals surface area contributed by atoms with E-state index >= 15 is 0 Å². The molecule has 4 aromatic rings. The molecule has 0 aliphatic carbocycles. The monoisotopic (exact) mass is 300 g/mol. The summed E-state index contributed by atoms with van der Waals surface area (Å²) in [4.78, 5) is 26.3. The minimum Gasteiger partial charge on any atom is -0.268 e. The summed E-state index contributed by atoms with van der Waals surface area (Å²) in [5.41, 5.74) is 1.11. The maximum Gasteiger partial charge on any atom is 0.267 e. The Balaban J connectivity index is 2.14. The molecule has 0 atom stereocenters. The second-order valence-corrected chi connectivity index (χ2v) is 5.00. The van der Waals surface area contributed by atoms with E-state index in [9.17, 15) is 4.79 Å². The van der Waals surface area contributed by atoms with E-state index in [1.165, 1.54) is 4.57 Å². The van der Waals surface area contributed by atoms with Crippen LogP contribution in [0, 0.1) is 0 Å². The van der Waals surface area contributed by atoms with Gasteiger partial charge in [-0.1, -0.05) is 24.3 Å². The van der Waals surface area contributed by atoms with E-state index in [2.05, 4.69) is 15.0 Å². The van der Waals surface area contributed by atoms with Crippen LogP contribution in [0.15, 0.2) is 77.9 Å². The number of rotatable bonds is 2. The minimum absolute atomic E-state index is 0.157. The van der Waals surface area contributed by atoms with Crippen LogP contribution in [-0.2, 0) is 0 Å². The zero-order valence-corrected chi connectivity index (χ0v) is 12.1. The molecule has 0 amide bonds. The Bertz CT molecular complexity index is 1030. The molecule has 4 rings (SSSR count). The van der Waals surface area contributed by atoms with Crippen LogP contribution < -0.4 is 5.56 Å². The molecular formula is C18H12N4O. The summed E-state index contributed by atoms with van der Waals surface area (Å²) >= 11 is 0. The SMILES string of the molecule is O=c1c2ccccc2nc(-c2ccccn2)n1-c1ccccn1. The zero-order chi connectivity index (χ0) is 15.6. The Hall–Kier alpha value is -3.34. The number of para-hydroxylation sites is 1. The average Bonchev–Trinajstić information content (AvgIpc) is 2.63. The molecule has 0 N–H and O–H groups in total. The second-order valence-electron chi connectivity index (χ2n) is 5.00. The number of fused-ring (bicyclic) bond motifs is 1. The van der Waals surface area contributed by atoms with Gasteiger partial charge in [-0.2, -0.15) is 0 Å². The summed E-state index contributed by atoms with van der Waals surface area (Å²) in [6, 6.07) is 18.2. The zero-order valence-electron chi connectivity index (χ0n) is 12.1. The lowest BCUT2D eigenvalue weighted by atomic mass is 10.2. The minimum atomic E-state index is -0.157. The molecule has 0 bridgehead atoms. The van der Waals surface area contributed by atoms with E-state index in [0.29, 0.717) is 28.2 Å². The fourth-order valence-electron chi connectivity index (χ4n) is 2.50. The van der Waals surface area contributed by atoms with Crippen LogP contribution in [0.25, 0.3) is 28.2 Å². The van der Waals surface area contributed by atoms with Crippen LogP contribution in [0.2, 0.25) is 0 Å². The molecule has 3 heterocycles. The first kappa shape index (κ1) is 13.3. The summed E-state index contributed by atoms with van der Waals surface area (Å²) in [6.45, 7) is 0. The molecule has 0 saturated heterocycles. The summed E-state index contributed by atoms with van der Waals surface area (Å²) < 4.78 is 1.50. The van der Waals surface area contributed by atoms with Gasteiger partial charge in [0.15, 0.2) is 5.82 Å². The van der Waals surface area contributed by atoms with Crippen molar-refractivity contribution in [3.8, 4) is 17.3 Å². The van der Waals surface area contributed by atoms with Gasteiger partial charge < -0.3 is 0 Å². The van der Waals surface area contributed by atoms with Crippen LogP contribution in [-0.4, -0.2) is 19.5 Å². The van der Waals surface area contributed by atoms with Gasteiger partial charge in [0.1, 0.15) is 11.5 Å². The number of benzene rings is 1. The normalized spacial score (nSPS) is 10.8. The third-order valence-electron chi connectivity index (χ3n) is 3.55. The lowest BCUT2D eigenvalue weighted by molar-refractivity contribution is 0.924. The van der Waals surface area contributed by atoms with Crippen molar-refractivity contribution in [2.75, 3.05) is 0 Å². The van der Waals surface area contributed by atoms with Crippen LogP contribution in [0.3, 0.4) is 0 Å². The van der Waals surface area contributed by atoms with Crippen molar-refractivity contribution in [3.63, 3.8) is 0 Å². The molecule has 110 valence electrons. The van der Waals surface area contributed by atoms with Gasteiger partial charge in [0.05, 0.1) is 10.9 Å². The number of pyridine rings is 2. The van der Waals surface area contributed by atoms with Gasteiger partial charge >= 0.3 is 0 Å². The van der Waals surface area contributed by atoms with Crippen molar-refractivity contribution in [2.45, 2.75) is 0 Å². The van der Waals surface area contributed by atoms with Crippen LogP contribution >= 0.6 is 0 Å². The predicted molar refractivity (Wildman–Crippen MR) is 88.4 cm³/mol. The van der Waals surface area contributed by atoms with E-state index in [1.807, 2.05) is 48.5 Å². The van der Waals surface area contributed by atoms with E-state index in [-0.39, 0.29) is 5.56 Å². The fraction of sp³-hybridized carbons (Fsp3) is 0. The summed E-state index contributed by atoms with van der Waals surface area (Å²) in [6.07, 6.45) is 3.33. The van der Waals surface area contributed by atoms with Gasteiger partial charge in [0, 0.05) is 12.4 Å². The van der Waals surface area contributed by atoms with Crippen molar-refractivity contribution in [1.29, 1.82) is 0 Å². The van der Waals surface area contributed by atoms with Gasteiger partial charge in [-0.05, 0) is 36.4 Å². The van der Waals surface area contributed by atoms with Crippen molar-refractivity contribution >= 4 is 10.9 Å². The lowest BCUT2D eigenvalue weighted by Crippen LogP contribution is -2.23. The smallest absolute Gasteiger partial charge is 0.267 e. The van der Waals surface area contributed by atoms with Crippen LogP contribution in [0.5, 0.6) is 0 Å². The predicted octanol–water partition coefficient (Wildman–Crippen LogP) is 2.84. The Kier molecular flexibility index (Phi) is 3.16. The topological polar surface area (TPSA) is 60.7 Å². The molecule has 5 nitrogen and oxygen atoms in total. The molecule has 0 saturated carbocycles. The molecule has 0 aliphatic heterocycles. The van der Waals surface area contributed by atoms with Crippen LogP contribution in [0.4, 0.5) is 0 Å². The van der Waals surface area contributed by atoms with E-state index in [4.69, 9.17) is 0 Å². The Morgan fingerprint density at radius 2 is 1.52 bits per heavy atom. The largest absolute Gasteiger partial charge is 0.268 e. The molecule has 0 spiro atoms. The molecule has 0 aliphatic rings. The Morgan fingerprint density at radius 3 is 2.26 bits per heavy atom. The van der Waals surface area contributed by atoms with E-state index < -0.39 is 0 Å². The highest BCUT2D eigenvalue weighted by Crippen LogP contribution is 2.19. The van der Waals surface area contributed by atoms with Crippen molar-refractivity contribution in [2.24, 2.45) is 0 Å². The third-order valence-corrected chi connectivity index (χ3v) is 3.55. The fourth-order valence-corrected chi connectivity index (χ4v) is 2.50. The summed E-state index contributed by atoms with van der Waals surface area (Å²) in [5, 5.41) is 0.554. The average molecular weight is 300 g/mol. The van der Waals surface area contributed by atoms with Gasteiger partial charge in [0.2, 0.25) is 0 Å². The summed E-state index contributed by atoms with van der Waals surface area (Å²) in [5.74, 6) is 1.00. The van der Waals surface area contributed by atoms with Gasteiger partial charge in [-0.25, -0.2) is 14.5 Å². The second kappa shape index (κ2) is 5.46. The number of hydrogen-bond donors (Lipinski definition) is 0. The highest BCUT2D eigenvalue weighted by Gasteiger charge is 2.15. The molecule has 5 heteroatoms. The first-order chi connectivity index (χ1) is 11.3. The third kappa shape index (κ3) is 2.28. The number of nitrogens with zero attached hydrogens (tertiary/aromatic N) is 4. The molecule has 0 unspecified atom stereocenters. The summed E-state index contributed by atoms with van der Waals surface area (Å²) in [7, 11) is 0. The molecular weight excluding hydrogens is 288 g/mol. The first-order valence-corrected chi connectivity index (χ1v) is 7.19. The Labute approximate surface area is 131 Å². The first-order valence-electron chi connectivity index (χ1n) is 7.19. The molecule has 0 radical (unpaired) electrons. The number of aromatic nitrogens is 4. The van der Waals surface area contributed by atoms with Crippen molar-refractivity contribution in [3.05, 3.63) is 83.4 Å². The highest BCUT2D eigenvalue weighted by atomic mass is 16.1. The molecule has 0 fully saturated rings. The molecule has 3 aromatic heterocycles. The van der Waals surface area contributed by atoms with Crippen molar-refractivity contribution < 1.29 is 0 Å². The van der Waals surface area contributed by atoms with Crippen LogP contribution in [0.1, 0.15) is 0 Å². The van der Waals surface area contributed by atoms with Gasteiger partial charge in [0.25, 0.3) is 5.56 Å². The number of hydrogen-bond acceptors (Lipinski definition) is 4. The highest BCUT2D eigenvalue weighted by molar-refractivity contribution is 5.79. The standard InChI is InChI=1S/C18H12N4O/c23-18-13-7-1-2-8-14(13)21-17(15-9-3-5-11-19-15)22(18)16-10-4-6-12-20-16/h1-12H.